The fraction of sp³-hybridized carbons (Fsp3) is 1.00. The molecular weight excluding hydrogens is 154 g/mol. The van der Waals surface area contributed by atoms with Crippen molar-refractivity contribution in [2.45, 2.75) is 19.3 Å². The molecule has 0 aliphatic rings. The molecule has 0 saturated carbocycles. The van der Waals surface area contributed by atoms with E-state index in [-0.39, 0.29) is 6.61 Å². The van der Waals surface area contributed by atoms with E-state index in [1.807, 2.05) is 0 Å². The van der Waals surface area contributed by atoms with Crippen LogP contribution in [0.5, 0.6) is 0 Å². The Morgan fingerprint density at radius 1 is 0.833 bits per heavy atom. The highest BCUT2D eigenvalue weighted by Gasteiger charge is 2.12. The lowest BCUT2D eigenvalue weighted by atomic mass is 10.2. The van der Waals surface area contributed by atoms with Gasteiger partial charge < -0.3 is 14.7 Å². The fourth-order valence-electron chi connectivity index (χ4n) is 1.21. The van der Waals surface area contributed by atoms with E-state index in [9.17, 15) is 0 Å². The van der Waals surface area contributed by atoms with Crippen LogP contribution in [-0.4, -0.2) is 55.1 Å². The zero-order chi connectivity index (χ0) is 9.45. The summed E-state index contributed by atoms with van der Waals surface area (Å²) in [6.45, 7) is 2.46. The fourth-order valence-corrected chi connectivity index (χ4v) is 1.21. The van der Waals surface area contributed by atoms with E-state index in [1.54, 1.807) is 0 Å². The molecule has 0 aromatic rings. The number of likely N-dealkylation sites (N-methyl/N-ethyl adjacent to an activating group) is 1. The third kappa shape index (κ3) is 6.58. The number of quaternary nitrogens is 1. The van der Waals surface area contributed by atoms with E-state index >= 15 is 0 Å². The Labute approximate surface area is 75.2 Å². The molecule has 12 heavy (non-hydrogen) atoms. The molecule has 0 rings (SSSR count). The Bertz CT molecular complexity index is 105. The third-order valence-corrected chi connectivity index (χ3v) is 2.13. The summed E-state index contributed by atoms with van der Waals surface area (Å²) < 4.78 is 0.877. The average Bonchev–Trinajstić information content (AvgIpc) is 1.98. The van der Waals surface area contributed by atoms with Crippen molar-refractivity contribution in [1.29, 1.82) is 0 Å². The SMILES string of the molecule is C[N+](C)(CCO)CCCCCO. The highest BCUT2D eigenvalue weighted by Crippen LogP contribution is 2.02. The molecule has 0 bridgehead atoms. The molecule has 0 heterocycles. The highest BCUT2D eigenvalue weighted by molar-refractivity contribution is 4.40. The van der Waals surface area contributed by atoms with Gasteiger partial charge in [-0.3, -0.25) is 0 Å². The molecule has 3 nitrogen and oxygen atoms in total. The highest BCUT2D eigenvalue weighted by atomic mass is 16.3. The van der Waals surface area contributed by atoms with Crippen molar-refractivity contribution >= 4 is 0 Å². The van der Waals surface area contributed by atoms with E-state index in [0.717, 1.165) is 36.8 Å². The van der Waals surface area contributed by atoms with Gasteiger partial charge in [0.05, 0.1) is 27.2 Å². The summed E-state index contributed by atoms with van der Waals surface area (Å²) >= 11 is 0. The first-order chi connectivity index (χ1) is 5.62. The van der Waals surface area contributed by atoms with Crippen molar-refractivity contribution in [3.63, 3.8) is 0 Å². The predicted octanol–water partition coefficient (Wildman–Crippen LogP) is 0.218. The number of aliphatic hydroxyl groups excluding tert-OH is 2. The number of unbranched alkanes of at least 4 members (excludes halogenated alkanes) is 2. The number of rotatable bonds is 7. The molecule has 0 radical (unpaired) electrons. The Balaban J connectivity index is 3.33. The molecule has 0 aromatic heterocycles. The third-order valence-electron chi connectivity index (χ3n) is 2.13. The first-order valence-corrected chi connectivity index (χ1v) is 4.66. The van der Waals surface area contributed by atoms with Gasteiger partial charge in [0.1, 0.15) is 6.54 Å². The van der Waals surface area contributed by atoms with Gasteiger partial charge in [-0.2, -0.15) is 0 Å². The summed E-state index contributed by atoms with van der Waals surface area (Å²) in [5, 5.41) is 17.3. The van der Waals surface area contributed by atoms with Crippen LogP contribution >= 0.6 is 0 Å². The molecule has 0 fully saturated rings. The minimum atomic E-state index is 0.257. The molecule has 0 spiro atoms. The largest absolute Gasteiger partial charge is 0.396 e. The van der Waals surface area contributed by atoms with Crippen LogP contribution in [0.3, 0.4) is 0 Å². The molecule has 0 amide bonds. The van der Waals surface area contributed by atoms with Gasteiger partial charge in [-0.1, -0.05) is 0 Å². The normalized spacial score (nSPS) is 12.0. The lowest BCUT2D eigenvalue weighted by Gasteiger charge is -2.28. The van der Waals surface area contributed by atoms with E-state index in [4.69, 9.17) is 10.2 Å². The van der Waals surface area contributed by atoms with Gasteiger partial charge in [-0.05, 0) is 19.3 Å². The first kappa shape index (κ1) is 11.9. The number of aliphatic hydroxyl groups is 2. The van der Waals surface area contributed by atoms with Crippen molar-refractivity contribution in [1.82, 2.24) is 0 Å². The van der Waals surface area contributed by atoms with Crippen LogP contribution in [0.4, 0.5) is 0 Å². The maximum atomic E-state index is 8.75. The van der Waals surface area contributed by atoms with Gasteiger partial charge >= 0.3 is 0 Å². The van der Waals surface area contributed by atoms with Crippen LogP contribution in [0.15, 0.2) is 0 Å². The average molecular weight is 176 g/mol. The monoisotopic (exact) mass is 176 g/mol. The molecule has 0 aliphatic heterocycles. The second kappa shape index (κ2) is 6.40. The maximum absolute atomic E-state index is 8.75. The van der Waals surface area contributed by atoms with E-state index in [1.165, 1.54) is 0 Å². The quantitative estimate of drug-likeness (QED) is 0.430. The topological polar surface area (TPSA) is 40.5 Å². The molecule has 0 aromatic carbocycles. The molecular formula is C9H22NO2+. The van der Waals surface area contributed by atoms with Crippen molar-refractivity contribution < 1.29 is 14.7 Å². The lowest BCUT2D eigenvalue weighted by molar-refractivity contribution is -0.890. The van der Waals surface area contributed by atoms with Crippen LogP contribution in [0, 0.1) is 0 Å². The van der Waals surface area contributed by atoms with Crippen molar-refractivity contribution in [3.8, 4) is 0 Å². The summed E-state index contributed by atoms with van der Waals surface area (Å²) in [7, 11) is 4.24. The van der Waals surface area contributed by atoms with Crippen LogP contribution in [0.25, 0.3) is 0 Å². The summed E-state index contributed by atoms with van der Waals surface area (Å²) in [5.74, 6) is 0. The van der Waals surface area contributed by atoms with Crippen LogP contribution in [0.2, 0.25) is 0 Å². The molecule has 0 atom stereocenters. The van der Waals surface area contributed by atoms with Gasteiger partial charge in [0, 0.05) is 6.61 Å². The molecule has 0 saturated heterocycles. The minimum Gasteiger partial charge on any atom is -0.396 e. The first-order valence-electron chi connectivity index (χ1n) is 4.66. The molecule has 3 heteroatoms. The predicted molar refractivity (Wildman–Crippen MR) is 49.9 cm³/mol. The molecule has 2 N–H and O–H groups in total. The van der Waals surface area contributed by atoms with Gasteiger partial charge in [-0.25, -0.2) is 0 Å². The molecule has 74 valence electrons. The van der Waals surface area contributed by atoms with Crippen molar-refractivity contribution in [3.05, 3.63) is 0 Å². The Hall–Kier alpha value is -0.120. The van der Waals surface area contributed by atoms with E-state index in [2.05, 4.69) is 14.1 Å². The second-order valence-electron chi connectivity index (χ2n) is 3.89. The van der Waals surface area contributed by atoms with Gasteiger partial charge in [0.2, 0.25) is 0 Å². The zero-order valence-electron chi connectivity index (χ0n) is 8.29. The summed E-state index contributed by atoms with van der Waals surface area (Å²) in [6.07, 6.45) is 3.12. The van der Waals surface area contributed by atoms with E-state index in [0.29, 0.717) is 6.61 Å². The van der Waals surface area contributed by atoms with Gasteiger partial charge in [0.25, 0.3) is 0 Å². The van der Waals surface area contributed by atoms with Gasteiger partial charge in [-0.15, -0.1) is 0 Å². The Morgan fingerprint density at radius 2 is 1.50 bits per heavy atom. The summed E-state index contributed by atoms with van der Waals surface area (Å²) in [6, 6.07) is 0. The standard InChI is InChI=1S/C9H22NO2/c1-10(2,7-9-12)6-4-3-5-8-11/h11-12H,3-9H2,1-2H3/q+1. The van der Waals surface area contributed by atoms with E-state index < -0.39 is 0 Å². The smallest absolute Gasteiger partial charge is 0.102 e. The van der Waals surface area contributed by atoms with Crippen LogP contribution < -0.4 is 0 Å². The maximum Gasteiger partial charge on any atom is 0.102 e. The van der Waals surface area contributed by atoms with Gasteiger partial charge in [0.15, 0.2) is 0 Å². The van der Waals surface area contributed by atoms with Crippen molar-refractivity contribution in [2.24, 2.45) is 0 Å². The molecule has 0 aliphatic carbocycles. The second-order valence-corrected chi connectivity index (χ2v) is 3.89. The lowest BCUT2D eigenvalue weighted by Crippen LogP contribution is -2.42. The number of nitrogens with zero attached hydrogens (tertiary/aromatic N) is 1. The summed E-state index contributed by atoms with van der Waals surface area (Å²) in [5.41, 5.74) is 0. The minimum absolute atomic E-state index is 0.257. The van der Waals surface area contributed by atoms with Crippen LogP contribution in [-0.2, 0) is 0 Å². The zero-order valence-corrected chi connectivity index (χ0v) is 8.29. The molecule has 0 unspecified atom stereocenters. The Morgan fingerprint density at radius 3 is 2.00 bits per heavy atom. The van der Waals surface area contributed by atoms with Crippen LogP contribution in [0.1, 0.15) is 19.3 Å². The number of hydrogen-bond acceptors (Lipinski definition) is 2. The van der Waals surface area contributed by atoms with Crippen molar-refractivity contribution in [2.75, 3.05) is 40.4 Å². The summed E-state index contributed by atoms with van der Waals surface area (Å²) in [4.78, 5) is 0. The number of hydrogen-bond donors (Lipinski definition) is 2. The Kier molecular flexibility index (Phi) is 6.34.